The van der Waals surface area contributed by atoms with Gasteiger partial charge < -0.3 is 15.8 Å². The molecule has 0 aromatic carbocycles. The number of hydrogen-bond acceptors (Lipinski definition) is 3. The molecule has 0 unspecified atom stereocenters. The zero-order valence-corrected chi connectivity index (χ0v) is 12.2. The molecule has 4 N–H and O–H groups in total. The van der Waals surface area contributed by atoms with Crippen molar-refractivity contribution < 1.29 is 5.11 Å². The number of rotatable bonds is 3. The van der Waals surface area contributed by atoms with E-state index in [-0.39, 0.29) is 5.54 Å². The Balaban J connectivity index is 1.72. The number of aliphatic hydroxyl groups is 1. The predicted molar refractivity (Wildman–Crippen MR) is 77.7 cm³/mol. The second-order valence-corrected chi connectivity index (χ2v) is 6.47. The third-order valence-electron chi connectivity index (χ3n) is 4.11. The lowest BCUT2D eigenvalue weighted by Gasteiger charge is -2.22. The van der Waals surface area contributed by atoms with Crippen LogP contribution in [0.5, 0.6) is 0 Å². The van der Waals surface area contributed by atoms with Crippen molar-refractivity contribution >= 4 is 27.8 Å². The second-order valence-electron chi connectivity index (χ2n) is 5.61. The molecule has 3 rings (SSSR count). The maximum Gasteiger partial charge on any atom is 0.130 e. The third kappa shape index (κ3) is 2.60. The van der Waals surface area contributed by atoms with Gasteiger partial charge in [-0.15, -0.1) is 0 Å². The van der Waals surface area contributed by atoms with E-state index in [1.54, 1.807) is 18.3 Å². The molecule has 0 saturated heterocycles. The molecule has 0 aliphatic heterocycles. The zero-order chi connectivity index (χ0) is 13.5. The first kappa shape index (κ1) is 12.9. The largest absolute Gasteiger partial charge is 0.390 e. The molecule has 2 bridgehead atoms. The summed E-state index contributed by atoms with van der Waals surface area (Å²) in [5, 5.41) is 10.2. The number of nitrogens with one attached hydrogen (secondary N) is 1. The topological polar surface area (TPSA) is 87.3 Å². The molecule has 5 nitrogen and oxygen atoms in total. The van der Waals surface area contributed by atoms with E-state index >= 15 is 0 Å². The Morgan fingerprint density at radius 3 is 2.74 bits per heavy atom. The SMILES string of the molecule is NC(/C=C\c1ncc(Br)[nH]1)=NC12CCC(O)(CC1)C2. The molecule has 1 aromatic rings. The van der Waals surface area contributed by atoms with E-state index in [9.17, 15) is 5.11 Å². The smallest absolute Gasteiger partial charge is 0.130 e. The van der Waals surface area contributed by atoms with Gasteiger partial charge in [0, 0.05) is 6.42 Å². The van der Waals surface area contributed by atoms with Crippen LogP contribution in [0.1, 0.15) is 37.9 Å². The van der Waals surface area contributed by atoms with E-state index in [1.807, 2.05) is 0 Å². The van der Waals surface area contributed by atoms with Crippen molar-refractivity contribution in [3.05, 3.63) is 22.7 Å². The summed E-state index contributed by atoms with van der Waals surface area (Å²) in [5.41, 5.74) is 5.34. The minimum absolute atomic E-state index is 0.132. The average molecular weight is 325 g/mol. The fourth-order valence-electron chi connectivity index (χ4n) is 3.17. The molecule has 102 valence electrons. The Labute approximate surface area is 120 Å². The van der Waals surface area contributed by atoms with Gasteiger partial charge in [0.2, 0.25) is 0 Å². The molecule has 2 aliphatic rings. The molecule has 0 radical (unpaired) electrons. The van der Waals surface area contributed by atoms with Crippen LogP contribution in [0.4, 0.5) is 0 Å². The Bertz CT molecular complexity index is 541. The number of aliphatic imine (C=N–C) groups is 1. The number of imidazole rings is 1. The summed E-state index contributed by atoms with van der Waals surface area (Å²) in [4.78, 5) is 11.8. The van der Waals surface area contributed by atoms with Crippen LogP contribution in [0.2, 0.25) is 0 Å². The minimum Gasteiger partial charge on any atom is -0.390 e. The highest BCUT2D eigenvalue weighted by atomic mass is 79.9. The lowest BCUT2D eigenvalue weighted by atomic mass is 9.93. The molecule has 2 aliphatic carbocycles. The maximum atomic E-state index is 10.2. The molecular weight excluding hydrogens is 308 g/mol. The summed E-state index contributed by atoms with van der Waals surface area (Å²) in [6, 6.07) is 0. The van der Waals surface area contributed by atoms with Crippen LogP contribution < -0.4 is 5.73 Å². The highest BCUT2D eigenvalue weighted by molar-refractivity contribution is 9.10. The molecule has 0 amide bonds. The zero-order valence-electron chi connectivity index (χ0n) is 10.6. The van der Waals surface area contributed by atoms with Gasteiger partial charge in [-0.3, -0.25) is 4.99 Å². The molecular formula is C13H17BrN4O. The van der Waals surface area contributed by atoms with Crippen molar-refractivity contribution in [2.75, 3.05) is 0 Å². The van der Waals surface area contributed by atoms with Gasteiger partial charge in [-0.1, -0.05) is 0 Å². The van der Waals surface area contributed by atoms with Crippen LogP contribution in [0.3, 0.4) is 0 Å². The van der Waals surface area contributed by atoms with Gasteiger partial charge in [-0.25, -0.2) is 4.98 Å². The fourth-order valence-corrected chi connectivity index (χ4v) is 3.48. The lowest BCUT2D eigenvalue weighted by Crippen LogP contribution is -2.24. The molecule has 1 heterocycles. The van der Waals surface area contributed by atoms with Crippen LogP contribution in [0.25, 0.3) is 6.08 Å². The predicted octanol–water partition coefficient (Wildman–Crippen LogP) is 1.99. The van der Waals surface area contributed by atoms with Crippen LogP contribution in [-0.2, 0) is 0 Å². The number of fused-ring (bicyclic) bond motifs is 2. The van der Waals surface area contributed by atoms with Crippen LogP contribution in [0.15, 0.2) is 21.9 Å². The second kappa shape index (κ2) is 4.45. The van der Waals surface area contributed by atoms with Gasteiger partial charge in [0.15, 0.2) is 0 Å². The van der Waals surface area contributed by atoms with E-state index < -0.39 is 5.60 Å². The van der Waals surface area contributed by atoms with Crippen LogP contribution in [-0.4, -0.2) is 32.1 Å². The number of hydrogen-bond donors (Lipinski definition) is 3. The number of halogens is 1. The summed E-state index contributed by atoms with van der Waals surface area (Å²) in [5.74, 6) is 1.23. The molecule has 1 aromatic heterocycles. The average Bonchev–Trinajstić information content (AvgIpc) is 2.99. The molecule has 19 heavy (non-hydrogen) atoms. The number of H-pyrrole nitrogens is 1. The van der Waals surface area contributed by atoms with E-state index in [1.165, 1.54) is 0 Å². The summed E-state index contributed by atoms with van der Waals surface area (Å²) >= 11 is 3.30. The third-order valence-corrected chi connectivity index (χ3v) is 4.52. The lowest BCUT2D eigenvalue weighted by molar-refractivity contribution is 0.0521. The number of amidine groups is 1. The Kier molecular flexibility index (Phi) is 3.02. The van der Waals surface area contributed by atoms with Crippen molar-refractivity contribution in [1.29, 1.82) is 0 Å². The van der Waals surface area contributed by atoms with Gasteiger partial charge >= 0.3 is 0 Å². The Morgan fingerprint density at radius 2 is 2.21 bits per heavy atom. The standard InChI is InChI=1S/C13H17BrN4O/c14-9-7-16-11(17-9)2-1-10(15)18-12-3-5-13(19,8-12)6-4-12/h1-2,7,19H,3-6,8H2,(H2,15,18)(H,16,17)/b2-1-. The van der Waals surface area contributed by atoms with Crippen molar-refractivity contribution in [3.8, 4) is 0 Å². The van der Waals surface area contributed by atoms with Crippen LogP contribution in [0, 0.1) is 0 Å². The summed E-state index contributed by atoms with van der Waals surface area (Å²) in [6.45, 7) is 0. The molecule has 2 fully saturated rings. The maximum absolute atomic E-state index is 10.2. The minimum atomic E-state index is -0.487. The van der Waals surface area contributed by atoms with Crippen molar-refractivity contribution in [1.82, 2.24) is 9.97 Å². The first-order valence-electron chi connectivity index (χ1n) is 6.45. The number of aromatic nitrogens is 2. The van der Waals surface area contributed by atoms with Gasteiger partial charge in [-0.2, -0.15) is 0 Å². The molecule has 0 atom stereocenters. The van der Waals surface area contributed by atoms with Gasteiger partial charge in [0.25, 0.3) is 0 Å². The molecule has 2 saturated carbocycles. The fraction of sp³-hybridized carbons (Fsp3) is 0.538. The van der Waals surface area contributed by atoms with Crippen molar-refractivity contribution in [2.24, 2.45) is 10.7 Å². The van der Waals surface area contributed by atoms with Crippen molar-refractivity contribution in [3.63, 3.8) is 0 Å². The summed E-state index contributed by atoms with van der Waals surface area (Å²) < 4.78 is 0.831. The van der Waals surface area contributed by atoms with E-state index in [0.29, 0.717) is 5.84 Å². The van der Waals surface area contributed by atoms with Crippen LogP contribution >= 0.6 is 15.9 Å². The summed E-state index contributed by atoms with van der Waals surface area (Å²) in [6.07, 6.45) is 9.57. The van der Waals surface area contributed by atoms with E-state index in [4.69, 9.17) is 5.73 Å². The molecule has 6 heteroatoms. The van der Waals surface area contributed by atoms with Gasteiger partial charge in [-0.05, 0) is 53.8 Å². The Morgan fingerprint density at radius 1 is 1.47 bits per heavy atom. The number of nitrogens with zero attached hydrogens (tertiary/aromatic N) is 2. The Hall–Kier alpha value is -1.14. The summed E-state index contributed by atoms with van der Waals surface area (Å²) in [7, 11) is 0. The highest BCUT2D eigenvalue weighted by Crippen LogP contribution is 2.52. The number of nitrogens with two attached hydrogens (primary N) is 1. The quantitative estimate of drug-likeness (QED) is 0.587. The first-order valence-corrected chi connectivity index (χ1v) is 7.24. The number of aromatic amines is 1. The first-order chi connectivity index (χ1) is 8.99. The molecule has 0 spiro atoms. The monoisotopic (exact) mass is 324 g/mol. The van der Waals surface area contributed by atoms with E-state index in [2.05, 4.69) is 30.9 Å². The van der Waals surface area contributed by atoms with Gasteiger partial charge in [0.1, 0.15) is 16.3 Å². The highest BCUT2D eigenvalue weighted by Gasteiger charge is 2.53. The van der Waals surface area contributed by atoms with Gasteiger partial charge in [0.05, 0.1) is 17.3 Å². The normalized spacial score (nSPS) is 34.5. The van der Waals surface area contributed by atoms with Crippen molar-refractivity contribution in [2.45, 2.75) is 43.2 Å². The van der Waals surface area contributed by atoms with E-state index in [0.717, 1.165) is 42.5 Å².